The molecule has 0 spiro atoms. The first-order chi connectivity index (χ1) is 8.43. The first kappa shape index (κ1) is 12.4. The number of hydrogen-bond acceptors (Lipinski definition) is 2. The lowest BCUT2D eigenvalue weighted by Crippen LogP contribution is -2.00. The summed E-state index contributed by atoms with van der Waals surface area (Å²) in [5, 5.41) is 9.75. The molecule has 0 aliphatic heterocycles. The third kappa shape index (κ3) is 1.79. The number of benzene rings is 1. The SMILES string of the molecule is CC(=O)c1cn(C(C)C)c2cccc(C(=O)O)c12. The molecule has 0 saturated carbocycles. The van der Waals surface area contributed by atoms with E-state index in [1.807, 2.05) is 24.5 Å². The van der Waals surface area contributed by atoms with E-state index < -0.39 is 5.97 Å². The van der Waals surface area contributed by atoms with Crippen molar-refractivity contribution in [3.63, 3.8) is 0 Å². The van der Waals surface area contributed by atoms with Gasteiger partial charge in [-0.25, -0.2) is 4.79 Å². The van der Waals surface area contributed by atoms with Crippen molar-refractivity contribution >= 4 is 22.7 Å². The van der Waals surface area contributed by atoms with E-state index >= 15 is 0 Å². The monoisotopic (exact) mass is 245 g/mol. The molecule has 94 valence electrons. The summed E-state index contributed by atoms with van der Waals surface area (Å²) in [6.07, 6.45) is 1.74. The van der Waals surface area contributed by atoms with E-state index in [0.29, 0.717) is 10.9 Å². The van der Waals surface area contributed by atoms with Gasteiger partial charge in [0.15, 0.2) is 5.78 Å². The molecule has 0 aliphatic rings. The summed E-state index contributed by atoms with van der Waals surface area (Å²) in [5.41, 5.74) is 1.43. The van der Waals surface area contributed by atoms with Crippen LogP contribution in [-0.2, 0) is 0 Å². The van der Waals surface area contributed by atoms with Crippen LogP contribution in [0.3, 0.4) is 0 Å². The lowest BCUT2D eigenvalue weighted by molar-refractivity contribution is 0.0699. The van der Waals surface area contributed by atoms with E-state index in [-0.39, 0.29) is 17.4 Å². The minimum absolute atomic E-state index is 0.117. The number of carboxylic acids is 1. The van der Waals surface area contributed by atoms with Crippen molar-refractivity contribution in [2.75, 3.05) is 0 Å². The number of hydrogen-bond donors (Lipinski definition) is 1. The normalized spacial score (nSPS) is 11.1. The highest BCUT2D eigenvalue weighted by Gasteiger charge is 2.19. The van der Waals surface area contributed by atoms with Gasteiger partial charge in [-0.3, -0.25) is 4.79 Å². The maximum Gasteiger partial charge on any atom is 0.336 e. The van der Waals surface area contributed by atoms with Crippen LogP contribution in [0.5, 0.6) is 0 Å². The van der Waals surface area contributed by atoms with E-state index in [1.165, 1.54) is 13.0 Å². The van der Waals surface area contributed by atoms with Crippen LogP contribution in [0.4, 0.5) is 0 Å². The molecule has 1 aromatic carbocycles. The number of ketones is 1. The molecule has 0 saturated heterocycles. The lowest BCUT2D eigenvalue weighted by Gasteiger charge is -2.09. The molecule has 0 bridgehead atoms. The molecule has 1 N–H and O–H groups in total. The van der Waals surface area contributed by atoms with Gasteiger partial charge in [0.05, 0.1) is 5.56 Å². The summed E-state index contributed by atoms with van der Waals surface area (Å²) in [5.74, 6) is -1.13. The molecule has 2 aromatic rings. The quantitative estimate of drug-likeness (QED) is 0.845. The summed E-state index contributed by atoms with van der Waals surface area (Å²) in [6, 6.07) is 5.24. The van der Waals surface area contributed by atoms with E-state index in [4.69, 9.17) is 0 Å². The maximum atomic E-state index is 11.7. The molecule has 2 rings (SSSR count). The van der Waals surface area contributed by atoms with Gasteiger partial charge in [-0.15, -0.1) is 0 Å². The smallest absolute Gasteiger partial charge is 0.336 e. The number of rotatable bonds is 3. The van der Waals surface area contributed by atoms with Crippen molar-refractivity contribution in [2.24, 2.45) is 0 Å². The summed E-state index contributed by atoms with van der Waals surface area (Å²) >= 11 is 0. The third-order valence-electron chi connectivity index (χ3n) is 3.02. The van der Waals surface area contributed by atoms with Crippen LogP contribution >= 0.6 is 0 Å². The molecular formula is C14H15NO3. The highest BCUT2D eigenvalue weighted by Crippen LogP contribution is 2.28. The van der Waals surface area contributed by atoms with Crippen LogP contribution in [0.1, 0.15) is 47.5 Å². The van der Waals surface area contributed by atoms with Gasteiger partial charge in [-0.1, -0.05) is 6.07 Å². The van der Waals surface area contributed by atoms with E-state index in [0.717, 1.165) is 5.52 Å². The number of carbonyl (C=O) groups excluding carboxylic acids is 1. The van der Waals surface area contributed by atoms with Gasteiger partial charge in [0.25, 0.3) is 0 Å². The van der Waals surface area contributed by atoms with Gasteiger partial charge in [-0.05, 0) is 32.9 Å². The van der Waals surface area contributed by atoms with Gasteiger partial charge < -0.3 is 9.67 Å². The third-order valence-corrected chi connectivity index (χ3v) is 3.02. The number of aromatic nitrogens is 1. The minimum atomic E-state index is -1.01. The van der Waals surface area contributed by atoms with Gasteiger partial charge in [0.2, 0.25) is 0 Å². The predicted molar refractivity (Wildman–Crippen MR) is 69.3 cm³/mol. The number of aromatic carboxylic acids is 1. The Morgan fingerprint density at radius 1 is 1.22 bits per heavy atom. The molecule has 0 fully saturated rings. The van der Waals surface area contributed by atoms with Crippen molar-refractivity contribution in [2.45, 2.75) is 26.8 Å². The number of fused-ring (bicyclic) bond motifs is 1. The number of carbonyl (C=O) groups is 2. The standard InChI is InChI=1S/C14H15NO3/c1-8(2)15-7-11(9(3)16)13-10(14(17)18)5-4-6-12(13)15/h4-8H,1-3H3,(H,17,18). The van der Waals surface area contributed by atoms with Crippen molar-refractivity contribution < 1.29 is 14.7 Å². The zero-order valence-corrected chi connectivity index (χ0v) is 10.6. The molecule has 0 unspecified atom stereocenters. The van der Waals surface area contributed by atoms with Crippen molar-refractivity contribution in [1.29, 1.82) is 0 Å². The average molecular weight is 245 g/mol. The van der Waals surface area contributed by atoms with Crippen LogP contribution in [0.15, 0.2) is 24.4 Å². The molecule has 1 heterocycles. The van der Waals surface area contributed by atoms with Crippen LogP contribution in [0.2, 0.25) is 0 Å². The molecule has 0 aliphatic carbocycles. The lowest BCUT2D eigenvalue weighted by atomic mass is 10.0. The zero-order valence-electron chi connectivity index (χ0n) is 10.6. The van der Waals surface area contributed by atoms with Crippen LogP contribution < -0.4 is 0 Å². The predicted octanol–water partition coefficient (Wildman–Crippen LogP) is 3.12. The highest BCUT2D eigenvalue weighted by atomic mass is 16.4. The fourth-order valence-corrected chi connectivity index (χ4v) is 2.18. The number of carboxylic acid groups (broad SMARTS) is 1. The first-order valence-electron chi connectivity index (χ1n) is 5.81. The van der Waals surface area contributed by atoms with Crippen LogP contribution in [0, 0.1) is 0 Å². The van der Waals surface area contributed by atoms with Crippen molar-refractivity contribution in [3.8, 4) is 0 Å². The summed E-state index contributed by atoms with van der Waals surface area (Å²) < 4.78 is 1.93. The Morgan fingerprint density at radius 3 is 2.39 bits per heavy atom. The second kappa shape index (κ2) is 4.29. The van der Waals surface area contributed by atoms with E-state index in [1.54, 1.807) is 12.3 Å². The van der Waals surface area contributed by atoms with Crippen molar-refractivity contribution in [3.05, 3.63) is 35.5 Å². The maximum absolute atomic E-state index is 11.7. The van der Waals surface area contributed by atoms with Crippen molar-refractivity contribution in [1.82, 2.24) is 4.57 Å². The second-order valence-corrected chi connectivity index (χ2v) is 4.60. The van der Waals surface area contributed by atoms with Gasteiger partial charge in [0.1, 0.15) is 0 Å². The average Bonchev–Trinajstić information content (AvgIpc) is 2.67. The number of Topliss-reactive ketones (excluding diaryl/α,β-unsaturated/α-hetero) is 1. The Morgan fingerprint density at radius 2 is 1.89 bits per heavy atom. The highest BCUT2D eigenvalue weighted by molar-refractivity contribution is 6.14. The molecular weight excluding hydrogens is 230 g/mol. The molecule has 4 heteroatoms. The second-order valence-electron chi connectivity index (χ2n) is 4.60. The Bertz CT molecular complexity index is 638. The van der Waals surface area contributed by atoms with Crippen LogP contribution in [-0.4, -0.2) is 21.4 Å². The largest absolute Gasteiger partial charge is 0.478 e. The fourth-order valence-electron chi connectivity index (χ4n) is 2.18. The Labute approximate surface area is 105 Å². The van der Waals surface area contributed by atoms with Gasteiger partial charge in [0, 0.05) is 28.7 Å². The van der Waals surface area contributed by atoms with E-state index in [2.05, 4.69) is 0 Å². The fraction of sp³-hybridized carbons (Fsp3) is 0.286. The summed E-state index contributed by atoms with van der Waals surface area (Å²) in [7, 11) is 0. The summed E-state index contributed by atoms with van der Waals surface area (Å²) in [4.78, 5) is 22.9. The molecule has 0 radical (unpaired) electrons. The molecule has 0 amide bonds. The molecule has 1 aromatic heterocycles. The Balaban J connectivity index is 2.92. The topological polar surface area (TPSA) is 59.3 Å². The van der Waals surface area contributed by atoms with Gasteiger partial charge >= 0.3 is 5.97 Å². The molecule has 4 nitrogen and oxygen atoms in total. The molecule has 0 atom stereocenters. The Kier molecular flexibility index (Phi) is 2.95. The Hall–Kier alpha value is -2.10. The zero-order chi connectivity index (χ0) is 13.4. The summed E-state index contributed by atoms with van der Waals surface area (Å²) in [6.45, 7) is 5.45. The van der Waals surface area contributed by atoms with Crippen LogP contribution in [0.25, 0.3) is 10.9 Å². The number of nitrogens with zero attached hydrogens (tertiary/aromatic N) is 1. The minimum Gasteiger partial charge on any atom is -0.478 e. The van der Waals surface area contributed by atoms with Gasteiger partial charge in [-0.2, -0.15) is 0 Å². The first-order valence-corrected chi connectivity index (χ1v) is 5.81. The van der Waals surface area contributed by atoms with E-state index in [9.17, 15) is 14.7 Å². The molecule has 18 heavy (non-hydrogen) atoms.